The van der Waals surface area contributed by atoms with Crippen LogP contribution in [-0.4, -0.2) is 39.6 Å². The van der Waals surface area contributed by atoms with Gasteiger partial charge in [-0.1, -0.05) is 42.5 Å². The van der Waals surface area contributed by atoms with E-state index in [0.717, 1.165) is 16.7 Å². The van der Waals surface area contributed by atoms with Crippen LogP contribution in [0.15, 0.2) is 48.5 Å². The number of carboxylic acid groups (broad SMARTS) is 1. The highest BCUT2D eigenvalue weighted by molar-refractivity contribution is 5.90. The molecule has 1 heterocycles. The molecule has 1 unspecified atom stereocenters. The summed E-state index contributed by atoms with van der Waals surface area (Å²) in [5, 5.41) is 21.6. The van der Waals surface area contributed by atoms with Gasteiger partial charge in [0, 0.05) is 18.8 Å². The molecule has 6 nitrogen and oxygen atoms in total. The summed E-state index contributed by atoms with van der Waals surface area (Å²) in [5.41, 5.74) is 3.47. The van der Waals surface area contributed by atoms with Crippen molar-refractivity contribution in [1.29, 1.82) is 0 Å². The molecule has 136 valence electrons. The van der Waals surface area contributed by atoms with Gasteiger partial charge in [0.1, 0.15) is 6.04 Å². The molecule has 0 radical (unpaired) electrons. The molecule has 0 bridgehead atoms. The number of amides is 1. The maximum Gasteiger partial charge on any atom is 0.305 e. The average Bonchev–Trinajstić information content (AvgIpc) is 2.77. The van der Waals surface area contributed by atoms with Crippen molar-refractivity contribution in [3.05, 3.63) is 65.2 Å². The van der Waals surface area contributed by atoms with E-state index in [9.17, 15) is 14.7 Å². The molecule has 0 fully saturated rings. The van der Waals surface area contributed by atoms with E-state index in [4.69, 9.17) is 5.11 Å². The number of rotatable bonds is 6. The lowest BCUT2D eigenvalue weighted by atomic mass is 10.1. The van der Waals surface area contributed by atoms with Crippen molar-refractivity contribution in [3.63, 3.8) is 0 Å². The summed E-state index contributed by atoms with van der Waals surface area (Å²) in [5.74, 6) is -1.24. The zero-order valence-corrected chi connectivity index (χ0v) is 14.4. The molecule has 26 heavy (non-hydrogen) atoms. The number of fused-ring (bicyclic) bond motifs is 1. The summed E-state index contributed by atoms with van der Waals surface area (Å²) < 4.78 is 0. The molecule has 0 spiro atoms. The van der Waals surface area contributed by atoms with Gasteiger partial charge < -0.3 is 20.4 Å². The SMILES string of the molecule is O=C(O)CC1Nc2cc(CO)ccc2CN(CCc2ccccc2)C1=O. The lowest BCUT2D eigenvalue weighted by Crippen LogP contribution is -2.42. The number of nitrogens with one attached hydrogen (secondary N) is 1. The molecule has 3 rings (SSSR count). The maximum absolute atomic E-state index is 12.9. The number of hydrogen-bond donors (Lipinski definition) is 3. The van der Waals surface area contributed by atoms with Crippen molar-refractivity contribution in [2.45, 2.75) is 32.0 Å². The molecule has 6 heteroatoms. The highest BCUT2D eigenvalue weighted by Crippen LogP contribution is 2.26. The van der Waals surface area contributed by atoms with Crippen LogP contribution in [-0.2, 0) is 29.2 Å². The fourth-order valence-corrected chi connectivity index (χ4v) is 3.16. The van der Waals surface area contributed by atoms with Crippen molar-refractivity contribution in [3.8, 4) is 0 Å². The van der Waals surface area contributed by atoms with Crippen LogP contribution in [0, 0.1) is 0 Å². The number of benzene rings is 2. The Balaban J connectivity index is 1.84. The van der Waals surface area contributed by atoms with Crippen LogP contribution in [0.2, 0.25) is 0 Å². The third-order valence-corrected chi connectivity index (χ3v) is 4.55. The highest BCUT2D eigenvalue weighted by atomic mass is 16.4. The summed E-state index contributed by atoms with van der Waals surface area (Å²) >= 11 is 0. The summed E-state index contributed by atoms with van der Waals surface area (Å²) in [4.78, 5) is 25.8. The van der Waals surface area contributed by atoms with Gasteiger partial charge in [-0.05, 0) is 29.2 Å². The van der Waals surface area contributed by atoms with E-state index in [1.807, 2.05) is 42.5 Å². The number of hydrogen-bond acceptors (Lipinski definition) is 4. The third-order valence-electron chi connectivity index (χ3n) is 4.55. The van der Waals surface area contributed by atoms with Gasteiger partial charge in [0.05, 0.1) is 13.0 Å². The molecule has 0 aromatic heterocycles. The van der Waals surface area contributed by atoms with Gasteiger partial charge in [0.15, 0.2) is 0 Å². The Morgan fingerprint density at radius 2 is 1.92 bits per heavy atom. The normalized spacial score (nSPS) is 16.6. The topological polar surface area (TPSA) is 89.9 Å². The predicted octanol–water partition coefficient (Wildman–Crippen LogP) is 2.02. The quantitative estimate of drug-likeness (QED) is 0.738. The van der Waals surface area contributed by atoms with Crippen LogP contribution < -0.4 is 5.32 Å². The third kappa shape index (κ3) is 4.21. The van der Waals surface area contributed by atoms with Crippen LogP contribution in [0.3, 0.4) is 0 Å². The molecule has 0 saturated heterocycles. The van der Waals surface area contributed by atoms with E-state index < -0.39 is 12.0 Å². The van der Waals surface area contributed by atoms with Gasteiger partial charge in [0.2, 0.25) is 5.91 Å². The van der Waals surface area contributed by atoms with Gasteiger partial charge in [-0.15, -0.1) is 0 Å². The van der Waals surface area contributed by atoms with Crippen molar-refractivity contribution in [2.75, 3.05) is 11.9 Å². The first kappa shape index (κ1) is 17.9. The standard InChI is InChI=1S/C20H22N2O4/c23-13-15-6-7-16-12-22(9-8-14-4-2-1-3-5-14)20(26)18(11-19(24)25)21-17(16)10-15/h1-7,10,18,21,23H,8-9,11-13H2,(H,24,25). The van der Waals surface area contributed by atoms with E-state index in [2.05, 4.69) is 5.32 Å². The van der Waals surface area contributed by atoms with Crippen molar-refractivity contribution in [2.24, 2.45) is 0 Å². The van der Waals surface area contributed by atoms with Crippen molar-refractivity contribution < 1.29 is 19.8 Å². The van der Waals surface area contributed by atoms with E-state index in [-0.39, 0.29) is 18.9 Å². The Bertz CT molecular complexity index is 792. The number of anilines is 1. The Hall–Kier alpha value is -2.86. The number of aliphatic carboxylic acids is 1. The smallest absolute Gasteiger partial charge is 0.305 e. The molecule has 1 aliphatic rings. The second-order valence-electron chi connectivity index (χ2n) is 6.44. The van der Waals surface area contributed by atoms with E-state index in [0.29, 0.717) is 25.2 Å². The van der Waals surface area contributed by atoms with Crippen LogP contribution in [0.1, 0.15) is 23.1 Å². The number of aliphatic hydroxyl groups is 1. The number of nitrogens with zero attached hydrogens (tertiary/aromatic N) is 1. The van der Waals surface area contributed by atoms with Crippen molar-refractivity contribution >= 4 is 17.6 Å². The molecule has 1 aliphatic heterocycles. The maximum atomic E-state index is 12.9. The molecular weight excluding hydrogens is 332 g/mol. The lowest BCUT2D eigenvalue weighted by Gasteiger charge is -2.24. The number of carboxylic acids is 1. The zero-order valence-electron chi connectivity index (χ0n) is 14.4. The van der Waals surface area contributed by atoms with Crippen LogP contribution in [0.5, 0.6) is 0 Å². The summed E-state index contributed by atoms with van der Waals surface area (Å²) in [6, 6.07) is 14.5. The molecule has 0 aliphatic carbocycles. The zero-order chi connectivity index (χ0) is 18.5. The molecule has 1 amide bonds. The summed E-state index contributed by atoms with van der Waals surface area (Å²) in [6.45, 7) is 0.821. The van der Waals surface area contributed by atoms with Gasteiger partial charge in [0.25, 0.3) is 0 Å². The Kier molecular flexibility index (Phi) is 5.53. The van der Waals surface area contributed by atoms with E-state index in [1.54, 1.807) is 11.0 Å². The fraction of sp³-hybridized carbons (Fsp3) is 0.300. The first-order valence-corrected chi connectivity index (χ1v) is 8.60. The van der Waals surface area contributed by atoms with Crippen LogP contribution in [0.25, 0.3) is 0 Å². The van der Waals surface area contributed by atoms with Crippen molar-refractivity contribution in [1.82, 2.24) is 4.90 Å². The molecular formula is C20H22N2O4. The molecule has 2 aromatic carbocycles. The second-order valence-corrected chi connectivity index (χ2v) is 6.44. The largest absolute Gasteiger partial charge is 0.481 e. The van der Waals surface area contributed by atoms with Crippen LogP contribution in [0.4, 0.5) is 5.69 Å². The van der Waals surface area contributed by atoms with Gasteiger partial charge in [-0.3, -0.25) is 9.59 Å². The van der Waals surface area contributed by atoms with E-state index in [1.165, 1.54) is 0 Å². The van der Waals surface area contributed by atoms with Gasteiger partial charge in [-0.25, -0.2) is 0 Å². The fourth-order valence-electron chi connectivity index (χ4n) is 3.16. The Morgan fingerprint density at radius 3 is 2.62 bits per heavy atom. The second kappa shape index (κ2) is 8.01. The van der Waals surface area contributed by atoms with Gasteiger partial charge >= 0.3 is 5.97 Å². The first-order valence-electron chi connectivity index (χ1n) is 8.60. The summed E-state index contributed by atoms with van der Waals surface area (Å²) in [7, 11) is 0. The van der Waals surface area contributed by atoms with Gasteiger partial charge in [-0.2, -0.15) is 0 Å². The summed E-state index contributed by atoms with van der Waals surface area (Å²) in [6.07, 6.45) is 0.417. The minimum atomic E-state index is -1.03. The minimum absolute atomic E-state index is 0.107. The average molecular weight is 354 g/mol. The Morgan fingerprint density at radius 1 is 1.15 bits per heavy atom. The molecule has 1 atom stereocenters. The lowest BCUT2D eigenvalue weighted by molar-refractivity contribution is -0.141. The predicted molar refractivity (Wildman–Crippen MR) is 97.6 cm³/mol. The monoisotopic (exact) mass is 354 g/mol. The Labute approximate surface area is 152 Å². The number of carbonyl (C=O) groups excluding carboxylic acids is 1. The molecule has 0 saturated carbocycles. The number of aliphatic hydroxyl groups excluding tert-OH is 1. The molecule has 2 aromatic rings. The first-order chi connectivity index (χ1) is 12.6. The molecule has 3 N–H and O–H groups in total. The minimum Gasteiger partial charge on any atom is -0.481 e. The van der Waals surface area contributed by atoms with E-state index >= 15 is 0 Å². The highest BCUT2D eigenvalue weighted by Gasteiger charge is 2.30. The van der Waals surface area contributed by atoms with Crippen LogP contribution >= 0.6 is 0 Å². The number of carbonyl (C=O) groups is 2.